The Morgan fingerprint density at radius 3 is 2.48 bits per heavy atom. The number of amides is 1. The van der Waals surface area contributed by atoms with E-state index in [4.69, 9.17) is 9.84 Å². The monoisotopic (exact) mass is 291 g/mol. The average molecular weight is 291 g/mol. The van der Waals surface area contributed by atoms with Gasteiger partial charge in [-0.3, -0.25) is 9.59 Å². The summed E-state index contributed by atoms with van der Waals surface area (Å²) in [5, 5.41) is 12.0. The molecule has 5 heteroatoms. The van der Waals surface area contributed by atoms with E-state index in [2.05, 4.69) is 5.32 Å². The van der Waals surface area contributed by atoms with Gasteiger partial charge in [0.25, 0.3) is 0 Å². The number of benzene rings is 1. The lowest BCUT2D eigenvalue weighted by Gasteiger charge is -2.11. The Kier molecular flexibility index (Phi) is 3.94. The van der Waals surface area contributed by atoms with Gasteiger partial charge in [-0.2, -0.15) is 0 Å². The minimum Gasteiger partial charge on any atom is -0.494 e. The van der Waals surface area contributed by atoms with Gasteiger partial charge in [0.05, 0.1) is 18.4 Å². The molecule has 1 aromatic carbocycles. The van der Waals surface area contributed by atoms with Crippen molar-refractivity contribution in [3.8, 4) is 5.75 Å². The second kappa shape index (κ2) is 5.39. The van der Waals surface area contributed by atoms with Gasteiger partial charge in [-0.1, -0.05) is 13.8 Å². The number of carboxylic acid groups (broad SMARTS) is 1. The molecular weight excluding hydrogens is 270 g/mol. The molecule has 0 bridgehead atoms. The number of carbonyl (C=O) groups excluding carboxylic acids is 1. The van der Waals surface area contributed by atoms with Crippen molar-refractivity contribution >= 4 is 17.6 Å². The van der Waals surface area contributed by atoms with Gasteiger partial charge in [0, 0.05) is 5.69 Å². The van der Waals surface area contributed by atoms with E-state index >= 15 is 0 Å². The number of aryl methyl sites for hydroxylation is 1. The van der Waals surface area contributed by atoms with Crippen molar-refractivity contribution in [2.45, 2.75) is 27.7 Å². The van der Waals surface area contributed by atoms with Gasteiger partial charge in [-0.15, -0.1) is 0 Å². The molecule has 1 fully saturated rings. The number of carboxylic acids is 1. The number of anilines is 1. The van der Waals surface area contributed by atoms with E-state index in [1.165, 1.54) is 0 Å². The summed E-state index contributed by atoms with van der Waals surface area (Å²) < 4.78 is 5.40. The molecular formula is C16H21NO4. The summed E-state index contributed by atoms with van der Waals surface area (Å²) in [6, 6.07) is 5.42. The highest BCUT2D eigenvalue weighted by atomic mass is 16.5. The Bertz CT molecular complexity index is 580. The summed E-state index contributed by atoms with van der Waals surface area (Å²) in [4.78, 5) is 23.4. The lowest BCUT2D eigenvalue weighted by molar-refractivity contribution is -0.140. The molecule has 0 spiro atoms. The Morgan fingerprint density at radius 2 is 2.00 bits per heavy atom. The third-order valence-electron chi connectivity index (χ3n) is 4.14. The largest absolute Gasteiger partial charge is 0.494 e. The molecule has 1 aliphatic rings. The molecule has 2 atom stereocenters. The maximum Gasteiger partial charge on any atom is 0.307 e. The number of aliphatic carboxylic acids is 1. The third-order valence-corrected chi connectivity index (χ3v) is 4.14. The van der Waals surface area contributed by atoms with Gasteiger partial charge >= 0.3 is 5.97 Å². The van der Waals surface area contributed by atoms with E-state index in [1.54, 1.807) is 26.0 Å². The number of hydrogen-bond acceptors (Lipinski definition) is 3. The van der Waals surface area contributed by atoms with Crippen LogP contribution >= 0.6 is 0 Å². The smallest absolute Gasteiger partial charge is 0.307 e. The fourth-order valence-corrected chi connectivity index (χ4v) is 2.83. The van der Waals surface area contributed by atoms with E-state index in [0.29, 0.717) is 12.3 Å². The molecule has 2 rings (SSSR count). The quantitative estimate of drug-likeness (QED) is 0.874. The summed E-state index contributed by atoms with van der Waals surface area (Å²) in [6.07, 6.45) is 0. The molecule has 0 saturated heterocycles. The van der Waals surface area contributed by atoms with Crippen LogP contribution in [-0.4, -0.2) is 23.6 Å². The predicted molar refractivity (Wildman–Crippen MR) is 79.4 cm³/mol. The first-order chi connectivity index (χ1) is 9.78. The number of rotatable bonds is 5. The molecule has 21 heavy (non-hydrogen) atoms. The van der Waals surface area contributed by atoms with Crippen LogP contribution in [-0.2, 0) is 9.59 Å². The molecule has 5 nitrogen and oxygen atoms in total. The van der Waals surface area contributed by atoms with Crippen molar-refractivity contribution in [2.24, 2.45) is 17.3 Å². The molecule has 0 heterocycles. The fraction of sp³-hybridized carbons (Fsp3) is 0.500. The minimum absolute atomic E-state index is 0.236. The molecule has 1 amide bonds. The summed E-state index contributed by atoms with van der Waals surface area (Å²) in [5.41, 5.74) is 1.09. The van der Waals surface area contributed by atoms with Crippen LogP contribution in [0.2, 0.25) is 0 Å². The number of hydrogen-bond donors (Lipinski definition) is 2. The normalized spacial score (nSPS) is 22.5. The molecule has 2 unspecified atom stereocenters. The second-order valence-corrected chi connectivity index (χ2v) is 6.01. The van der Waals surface area contributed by atoms with Crippen molar-refractivity contribution in [1.29, 1.82) is 0 Å². The molecule has 0 aromatic heterocycles. The van der Waals surface area contributed by atoms with Crippen molar-refractivity contribution < 1.29 is 19.4 Å². The van der Waals surface area contributed by atoms with E-state index < -0.39 is 23.2 Å². The lowest BCUT2D eigenvalue weighted by Crippen LogP contribution is -2.18. The zero-order valence-electron chi connectivity index (χ0n) is 12.8. The van der Waals surface area contributed by atoms with Crippen LogP contribution in [0.4, 0.5) is 5.69 Å². The lowest BCUT2D eigenvalue weighted by atomic mass is 10.1. The van der Waals surface area contributed by atoms with Gasteiger partial charge in [0.2, 0.25) is 5.91 Å². The Labute approximate surface area is 124 Å². The van der Waals surface area contributed by atoms with Gasteiger partial charge < -0.3 is 15.2 Å². The van der Waals surface area contributed by atoms with Gasteiger partial charge in [0.1, 0.15) is 5.75 Å². The van der Waals surface area contributed by atoms with E-state index in [1.807, 2.05) is 19.9 Å². The van der Waals surface area contributed by atoms with Crippen LogP contribution in [0.25, 0.3) is 0 Å². The summed E-state index contributed by atoms with van der Waals surface area (Å²) in [6.45, 7) is 7.99. The van der Waals surface area contributed by atoms with Crippen LogP contribution in [0.1, 0.15) is 26.3 Å². The molecule has 1 saturated carbocycles. The first kappa shape index (κ1) is 15.4. The van der Waals surface area contributed by atoms with E-state index in [9.17, 15) is 9.59 Å². The topological polar surface area (TPSA) is 75.6 Å². The molecule has 0 aliphatic heterocycles. The van der Waals surface area contributed by atoms with Crippen molar-refractivity contribution in [2.75, 3.05) is 11.9 Å². The summed E-state index contributed by atoms with van der Waals surface area (Å²) >= 11 is 0. The predicted octanol–water partition coefficient (Wildman–Crippen LogP) is 2.69. The highest BCUT2D eigenvalue weighted by Gasteiger charge is 2.65. The average Bonchev–Trinajstić information content (AvgIpc) is 2.96. The maximum absolute atomic E-state index is 12.3. The fourth-order valence-electron chi connectivity index (χ4n) is 2.83. The SMILES string of the molecule is CCOc1ccc(NC(=O)C2C(C(=O)O)C2(C)C)c(C)c1. The first-order valence-electron chi connectivity index (χ1n) is 7.06. The number of carbonyl (C=O) groups is 2. The molecule has 0 radical (unpaired) electrons. The van der Waals surface area contributed by atoms with Crippen LogP contribution < -0.4 is 10.1 Å². The van der Waals surface area contributed by atoms with Crippen molar-refractivity contribution in [1.82, 2.24) is 0 Å². The molecule has 1 aromatic rings. The number of nitrogens with one attached hydrogen (secondary N) is 1. The highest BCUT2D eigenvalue weighted by Crippen LogP contribution is 2.58. The van der Waals surface area contributed by atoms with E-state index in [0.717, 1.165) is 11.3 Å². The van der Waals surface area contributed by atoms with Gasteiger partial charge in [-0.25, -0.2) is 0 Å². The van der Waals surface area contributed by atoms with Gasteiger partial charge in [0.15, 0.2) is 0 Å². The highest BCUT2D eigenvalue weighted by molar-refractivity contribution is 6.00. The van der Waals surface area contributed by atoms with E-state index in [-0.39, 0.29) is 5.91 Å². The standard InChI is InChI=1S/C16H21NO4/c1-5-21-10-6-7-11(9(2)8-10)17-14(18)12-13(15(19)20)16(12,3)4/h6-8,12-13H,5H2,1-4H3,(H,17,18)(H,19,20). The molecule has 1 aliphatic carbocycles. The van der Waals surface area contributed by atoms with Crippen LogP contribution in [0, 0.1) is 24.2 Å². The van der Waals surface area contributed by atoms with Crippen molar-refractivity contribution in [3.05, 3.63) is 23.8 Å². The molecule has 114 valence electrons. The number of ether oxygens (including phenoxy) is 1. The Balaban J connectivity index is 2.09. The molecule has 2 N–H and O–H groups in total. The zero-order valence-corrected chi connectivity index (χ0v) is 12.8. The minimum atomic E-state index is -0.913. The summed E-state index contributed by atoms with van der Waals surface area (Å²) in [7, 11) is 0. The Morgan fingerprint density at radius 1 is 1.33 bits per heavy atom. The Hall–Kier alpha value is -2.04. The van der Waals surface area contributed by atoms with Crippen LogP contribution in [0.3, 0.4) is 0 Å². The van der Waals surface area contributed by atoms with Gasteiger partial charge in [-0.05, 0) is 43.0 Å². The first-order valence-corrected chi connectivity index (χ1v) is 7.06. The maximum atomic E-state index is 12.3. The summed E-state index contributed by atoms with van der Waals surface area (Å²) in [5.74, 6) is -1.49. The zero-order chi connectivity index (χ0) is 15.8. The van der Waals surface area contributed by atoms with Crippen LogP contribution in [0.5, 0.6) is 5.75 Å². The third kappa shape index (κ3) is 2.86. The second-order valence-electron chi connectivity index (χ2n) is 6.01. The van der Waals surface area contributed by atoms with Crippen LogP contribution in [0.15, 0.2) is 18.2 Å². The van der Waals surface area contributed by atoms with Crippen molar-refractivity contribution in [3.63, 3.8) is 0 Å².